The van der Waals surface area contributed by atoms with Crippen LogP contribution in [0, 0.1) is 5.92 Å². The van der Waals surface area contributed by atoms with Gasteiger partial charge in [0.1, 0.15) is 5.82 Å². The largest absolute Gasteiger partial charge is 0.388 e. The molecule has 0 aliphatic carbocycles. The van der Waals surface area contributed by atoms with Crippen molar-refractivity contribution in [1.29, 1.82) is 0 Å². The van der Waals surface area contributed by atoms with Gasteiger partial charge in [0.25, 0.3) is 0 Å². The Morgan fingerprint density at radius 2 is 2.00 bits per heavy atom. The van der Waals surface area contributed by atoms with E-state index in [2.05, 4.69) is 20.1 Å². The highest BCUT2D eigenvalue weighted by Crippen LogP contribution is 2.31. The highest BCUT2D eigenvalue weighted by molar-refractivity contribution is 6.30. The number of hydrogen-bond acceptors (Lipinski definition) is 4. The van der Waals surface area contributed by atoms with E-state index in [0.29, 0.717) is 17.4 Å². The molecule has 1 saturated heterocycles. The summed E-state index contributed by atoms with van der Waals surface area (Å²) in [6.07, 6.45) is 1.38. The zero-order chi connectivity index (χ0) is 15.5. The van der Waals surface area contributed by atoms with Gasteiger partial charge in [0.2, 0.25) is 0 Å². The lowest BCUT2D eigenvalue weighted by Gasteiger charge is -2.33. The maximum absolute atomic E-state index is 11.0. The molecular formula is C15H19ClN4O2. The Hall–Kier alpha value is -1.63. The first-order valence-corrected chi connectivity index (χ1v) is 7.79. The van der Waals surface area contributed by atoms with E-state index in [-0.39, 0.29) is 11.6 Å². The minimum atomic E-state index is -0.454. The van der Waals surface area contributed by atoms with Gasteiger partial charge in [-0.25, -0.2) is 9.89 Å². The maximum Gasteiger partial charge on any atom is 0.340 e. The molecule has 22 heavy (non-hydrogen) atoms. The maximum atomic E-state index is 11.0. The number of rotatable bonds is 4. The Bertz CT molecular complexity index is 659. The molecule has 6 nitrogen and oxygen atoms in total. The summed E-state index contributed by atoms with van der Waals surface area (Å²) in [7, 11) is 0. The fourth-order valence-electron chi connectivity index (χ4n) is 2.95. The van der Waals surface area contributed by atoms with Crippen LogP contribution in [0.2, 0.25) is 5.02 Å². The zero-order valence-corrected chi connectivity index (χ0v) is 12.9. The fourth-order valence-corrected chi connectivity index (χ4v) is 3.08. The van der Waals surface area contributed by atoms with Gasteiger partial charge in [-0.2, -0.15) is 5.10 Å². The summed E-state index contributed by atoms with van der Waals surface area (Å²) in [6.45, 7) is 2.39. The number of H-pyrrole nitrogens is 2. The normalized spacial score (nSPS) is 18.5. The Morgan fingerprint density at radius 1 is 1.32 bits per heavy atom. The van der Waals surface area contributed by atoms with E-state index in [0.717, 1.165) is 31.5 Å². The molecule has 7 heteroatoms. The third kappa shape index (κ3) is 3.58. The Balaban J connectivity index is 1.54. The van der Waals surface area contributed by atoms with E-state index < -0.39 is 6.10 Å². The van der Waals surface area contributed by atoms with Crippen molar-refractivity contribution in [2.75, 3.05) is 13.1 Å². The van der Waals surface area contributed by atoms with Crippen LogP contribution in [0.5, 0.6) is 0 Å². The number of hydrogen-bond donors (Lipinski definition) is 3. The van der Waals surface area contributed by atoms with Gasteiger partial charge in [0, 0.05) is 5.02 Å². The molecule has 1 aliphatic heterocycles. The summed E-state index contributed by atoms with van der Waals surface area (Å²) in [5.41, 5.74) is 0.641. The van der Waals surface area contributed by atoms with Gasteiger partial charge in [0.05, 0.1) is 12.6 Å². The van der Waals surface area contributed by atoms with E-state index in [1.165, 1.54) is 0 Å². The standard InChI is InChI=1S/C15H19ClN4O2/c16-12-3-1-10(2-4-12)14(21)11-5-7-20(8-6-11)9-13-17-15(22)19-18-13/h1-4,11,14,21H,5-9H2,(H2,17,18,19,22). The van der Waals surface area contributed by atoms with Crippen LogP contribution in [0.3, 0.4) is 0 Å². The average molecular weight is 323 g/mol. The Kier molecular flexibility index (Phi) is 4.61. The van der Waals surface area contributed by atoms with Crippen molar-refractivity contribution in [3.05, 3.63) is 51.2 Å². The second-order valence-electron chi connectivity index (χ2n) is 5.73. The third-order valence-electron chi connectivity index (χ3n) is 4.21. The molecule has 0 saturated carbocycles. The molecule has 1 unspecified atom stereocenters. The Labute approximate surface area is 133 Å². The molecule has 3 N–H and O–H groups in total. The molecular weight excluding hydrogens is 304 g/mol. The number of aromatic amines is 2. The van der Waals surface area contributed by atoms with Crippen LogP contribution in [-0.4, -0.2) is 38.3 Å². The zero-order valence-electron chi connectivity index (χ0n) is 12.1. The lowest BCUT2D eigenvalue weighted by Crippen LogP contribution is -2.35. The molecule has 2 heterocycles. The number of benzene rings is 1. The van der Waals surface area contributed by atoms with Crippen LogP contribution >= 0.6 is 11.6 Å². The van der Waals surface area contributed by atoms with Crippen molar-refractivity contribution < 1.29 is 5.11 Å². The third-order valence-corrected chi connectivity index (χ3v) is 4.47. The van der Waals surface area contributed by atoms with Crippen LogP contribution in [0.1, 0.15) is 30.3 Å². The summed E-state index contributed by atoms with van der Waals surface area (Å²) >= 11 is 5.88. The number of aliphatic hydroxyl groups excluding tert-OH is 1. The molecule has 1 aromatic heterocycles. The van der Waals surface area contributed by atoms with E-state index in [1.807, 2.05) is 24.3 Å². The molecule has 0 spiro atoms. The molecule has 2 aromatic rings. The van der Waals surface area contributed by atoms with Crippen LogP contribution < -0.4 is 5.69 Å². The number of halogens is 1. The SMILES string of the molecule is O=c1[nH]nc(CN2CCC(C(O)c3ccc(Cl)cc3)CC2)[nH]1. The summed E-state index contributed by atoms with van der Waals surface area (Å²) in [5.74, 6) is 0.900. The first kappa shape index (κ1) is 15.3. The van der Waals surface area contributed by atoms with E-state index >= 15 is 0 Å². The summed E-state index contributed by atoms with van der Waals surface area (Å²) < 4.78 is 0. The molecule has 1 atom stereocenters. The monoisotopic (exact) mass is 322 g/mol. The number of nitrogens with zero attached hydrogens (tertiary/aromatic N) is 2. The van der Waals surface area contributed by atoms with Gasteiger partial charge in [-0.05, 0) is 49.5 Å². The number of aromatic nitrogens is 3. The molecule has 0 radical (unpaired) electrons. The molecule has 1 aromatic carbocycles. The fraction of sp³-hybridized carbons (Fsp3) is 0.467. The quantitative estimate of drug-likeness (QED) is 0.800. The van der Waals surface area contributed by atoms with Crippen molar-refractivity contribution in [2.45, 2.75) is 25.5 Å². The highest BCUT2D eigenvalue weighted by Gasteiger charge is 2.26. The average Bonchev–Trinajstić information content (AvgIpc) is 2.93. The number of nitrogens with one attached hydrogen (secondary N) is 2. The highest BCUT2D eigenvalue weighted by atomic mass is 35.5. The predicted molar refractivity (Wildman–Crippen MR) is 83.6 cm³/mol. The first-order chi connectivity index (χ1) is 10.6. The molecule has 0 bridgehead atoms. The van der Waals surface area contributed by atoms with E-state index in [4.69, 9.17) is 11.6 Å². The lowest BCUT2D eigenvalue weighted by molar-refractivity contribution is 0.0561. The van der Waals surface area contributed by atoms with Gasteiger partial charge in [-0.15, -0.1) is 0 Å². The van der Waals surface area contributed by atoms with Crippen LogP contribution in [0.25, 0.3) is 0 Å². The Morgan fingerprint density at radius 3 is 2.59 bits per heavy atom. The molecule has 3 rings (SSSR count). The van der Waals surface area contributed by atoms with Crippen LogP contribution in [-0.2, 0) is 6.54 Å². The molecule has 1 fully saturated rings. The topological polar surface area (TPSA) is 85.0 Å². The van der Waals surface area contributed by atoms with Gasteiger partial charge in [-0.3, -0.25) is 9.88 Å². The number of piperidine rings is 1. The summed E-state index contributed by atoms with van der Waals surface area (Å²) in [4.78, 5) is 15.9. The smallest absolute Gasteiger partial charge is 0.340 e. The van der Waals surface area contributed by atoms with Gasteiger partial charge in [0.15, 0.2) is 0 Å². The minimum Gasteiger partial charge on any atom is -0.388 e. The number of aliphatic hydroxyl groups is 1. The van der Waals surface area contributed by atoms with Crippen molar-refractivity contribution in [3.8, 4) is 0 Å². The summed E-state index contributed by atoms with van der Waals surface area (Å²) in [6, 6.07) is 7.38. The first-order valence-electron chi connectivity index (χ1n) is 7.41. The second kappa shape index (κ2) is 6.64. The predicted octanol–water partition coefficient (Wildman–Crippen LogP) is 1.70. The van der Waals surface area contributed by atoms with E-state index in [1.54, 1.807) is 0 Å². The van der Waals surface area contributed by atoms with Crippen molar-refractivity contribution in [1.82, 2.24) is 20.1 Å². The molecule has 1 aliphatic rings. The van der Waals surface area contributed by atoms with Crippen LogP contribution in [0.4, 0.5) is 0 Å². The van der Waals surface area contributed by atoms with Gasteiger partial charge in [-0.1, -0.05) is 23.7 Å². The molecule has 0 amide bonds. The van der Waals surface area contributed by atoms with Crippen molar-refractivity contribution in [3.63, 3.8) is 0 Å². The van der Waals surface area contributed by atoms with E-state index in [9.17, 15) is 9.90 Å². The minimum absolute atomic E-state index is 0.246. The number of likely N-dealkylation sites (tertiary alicyclic amines) is 1. The molecule has 118 valence electrons. The van der Waals surface area contributed by atoms with Gasteiger partial charge < -0.3 is 5.11 Å². The van der Waals surface area contributed by atoms with Gasteiger partial charge >= 0.3 is 5.69 Å². The van der Waals surface area contributed by atoms with Crippen molar-refractivity contribution >= 4 is 11.6 Å². The van der Waals surface area contributed by atoms with Crippen molar-refractivity contribution in [2.24, 2.45) is 5.92 Å². The second-order valence-corrected chi connectivity index (χ2v) is 6.17. The van der Waals surface area contributed by atoms with Crippen LogP contribution in [0.15, 0.2) is 29.1 Å². The lowest BCUT2D eigenvalue weighted by atomic mass is 9.87. The summed E-state index contributed by atoms with van der Waals surface area (Å²) in [5, 5.41) is 17.5.